The van der Waals surface area contributed by atoms with Gasteiger partial charge in [0.15, 0.2) is 0 Å². The van der Waals surface area contributed by atoms with Gasteiger partial charge < -0.3 is 10.1 Å². The van der Waals surface area contributed by atoms with Crippen molar-refractivity contribution in [2.45, 2.75) is 12.8 Å². The van der Waals surface area contributed by atoms with E-state index in [0.29, 0.717) is 0 Å². The summed E-state index contributed by atoms with van der Waals surface area (Å²) in [5.41, 5.74) is 2.93. The molecule has 1 aromatic heterocycles. The van der Waals surface area contributed by atoms with Crippen LogP contribution < -0.4 is 0 Å². The molecule has 19 heavy (non-hydrogen) atoms. The number of aryl methyl sites for hydroxylation is 2. The van der Waals surface area contributed by atoms with Crippen LogP contribution in [0.25, 0.3) is 10.9 Å². The lowest BCUT2D eigenvalue weighted by molar-refractivity contribution is 0.481. The second-order valence-corrected chi connectivity index (χ2v) is 4.68. The molecule has 0 aliphatic rings. The van der Waals surface area contributed by atoms with Crippen molar-refractivity contribution in [3.63, 3.8) is 0 Å². The van der Waals surface area contributed by atoms with Crippen molar-refractivity contribution < 1.29 is 9.50 Å². The van der Waals surface area contributed by atoms with Crippen LogP contribution >= 0.6 is 0 Å². The number of phenolic OH excluding ortho intramolecular Hbond substituents is 1. The van der Waals surface area contributed by atoms with E-state index in [1.165, 1.54) is 6.07 Å². The molecule has 96 valence electrons. The molecule has 0 fully saturated rings. The number of aromatic nitrogens is 1. The molecule has 0 amide bonds. The van der Waals surface area contributed by atoms with E-state index in [1.807, 2.05) is 18.2 Å². The minimum absolute atomic E-state index is 0.208. The zero-order chi connectivity index (χ0) is 13.2. The topological polar surface area (TPSA) is 36.0 Å². The van der Waals surface area contributed by atoms with Crippen molar-refractivity contribution in [1.29, 1.82) is 0 Å². The van der Waals surface area contributed by atoms with E-state index < -0.39 is 0 Å². The third-order valence-electron chi connectivity index (χ3n) is 3.30. The second-order valence-electron chi connectivity index (χ2n) is 4.68. The molecule has 2 N–H and O–H groups in total. The molecule has 0 bridgehead atoms. The van der Waals surface area contributed by atoms with Crippen molar-refractivity contribution in [2.75, 3.05) is 0 Å². The van der Waals surface area contributed by atoms with Gasteiger partial charge in [-0.15, -0.1) is 0 Å². The molecule has 3 aromatic rings. The van der Waals surface area contributed by atoms with Crippen molar-refractivity contribution in [3.05, 3.63) is 65.6 Å². The van der Waals surface area contributed by atoms with Gasteiger partial charge in [-0.25, -0.2) is 4.39 Å². The number of H-pyrrole nitrogens is 1. The van der Waals surface area contributed by atoms with Crippen molar-refractivity contribution in [1.82, 2.24) is 4.98 Å². The Morgan fingerprint density at radius 3 is 2.68 bits per heavy atom. The van der Waals surface area contributed by atoms with Gasteiger partial charge in [0.25, 0.3) is 0 Å². The van der Waals surface area contributed by atoms with Crippen molar-refractivity contribution in [3.8, 4) is 5.75 Å². The van der Waals surface area contributed by atoms with Gasteiger partial charge in [0.2, 0.25) is 0 Å². The van der Waals surface area contributed by atoms with Crippen LogP contribution in [0.5, 0.6) is 5.75 Å². The Hall–Kier alpha value is -2.29. The standard InChI is InChI=1S/C16H14FNO/c17-13-3-1-2-11(8-13)4-5-12-9-15-14(6-7-18-15)16(19)10-12/h1-3,6-10,18-19H,4-5H2. The Kier molecular flexibility index (Phi) is 2.95. The third kappa shape index (κ3) is 2.45. The van der Waals surface area contributed by atoms with Gasteiger partial charge in [0, 0.05) is 17.1 Å². The van der Waals surface area contributed by atoms with Crippen LogP contribution in [0.1, 0.15) is 11.1 Å². The first-order valence-electron chi connectivity index (χ1n) is 6.26. The zero-order valence-electron chi connectivity index (χ0n) is 10.4. The van der Waals surface area contributed by atoms with E-state index in [9.17, 15) is 9.50 Å². The van der Waals surface area contributed by atoms with E-state index in [2.05, 4.69) is 4.98 Å². The largest absolute Gasteiger partial charge is 0.507 e. The first-order valence-corrected chi connectivity index (χ1v) is 6.26. The molecule has 2 aromatic carbocycles. The average molecular weight is 255 g/mol. The summed E-state index contributed by atoms with van der Waals surface area (Å²) in [6.07, 6.45) is 3.33. The van der Waals surface area contributed by atoms with Crippen LogP contribution in [0.3, 0.4) is 0 Å². The third-order valence-corrected chi connectivity index (χ3v) is 3.30. The monoisotopic (exact) mass is 255 g/mol. The Bertz CT molecular complexity index is 718. The molecule has 0 saturated carbocycles. The summed E-state index contributed by atoms with van der Waals surface area (Å²) in [4.78, 5) is 3.09. The summed E-state index contributed by atoms with van der Waals surface area (Å²) in [6, 6.07) is 12.3. The van der Waals surface area contributed by atoms with E-state index in [-0.39, 0.29) is 11.6 Å². The molecule has 3 heteroatoms. The Morgan fingerprint density at radius 1 is 1.00 bits per heavy atom. The van der Waals surface area contributed by atoms with Gasteiger partial charge in [-0.3, -0.25) is 0 Å². The summed E-state index contributed by atoms with van der Waals surface area (Å²) in [5, 5.41) is 10.7. The quantitative estimate of drug-likeness (QED) is 0.733. The number of aromatic hydroxyl groups is 1. The average Bonchev–Trinajstić information content (AvgIpc) is 2.85. The van der Waals surface area contributed by atoms with Crippen LogP contribution in [0.15, 0.2) is 48.7 Å². The summed E-state index contributed by atoms with van der Waals surface area (Å²) >= 11 is 0. The molecule has 2 nitrogen and oxygen atoms in total. The van der Waals surface area contributed by atoms with Gasteiger partial charge >= 0.3 is 0 Å². The van der Waals surface area contributed by atoms with Gasteiger partial charge in [-0.2, -0.15) is 0 Å². The minimum atomic E-state index is -0.208. The van der Waals surface area contributed by atoms with Gasteiger partial charge in [-0.1, -0.05) is 12.1 Å². The Balaban J connectivity index is 1.81. The number of nitrogens with one attached hydrogen (secondary N) is 1. The summed E-state index contributed by atoms with van der Waals surface area (Å²) in [7, 11) is 0. The minimum Gasteiger partial charge on any atom is -0.507 e. The molecule has 0 aliphatic carbocycles. The fraction of sp³-hybridized carbons (Fsp3) is 0.125. The molecule has 3 rings (SSSR count). The zero-order valence-corrected chi connectivity index (χ0v) is 10.4. The Labute approximate surface area is 110 Å². The summed E-state index contributed by atoms with van der Waals surface area (Å²) in [6.45, 7) is 0. The number of fused-ring (bicyclic) bond motifs is 1. The highest BCUT2D eigenvalue weighted by molar-refractivity contribution is 5.86. The highest BCUT2D eigenvalue weighted by atomic mass is 19.1. The maximum atomic E-state index is 13.1. The van der Waals surface area contributed by atoms with Gasteiger partial charge in [-0.05, 0) is 54.3 Å². The molecular formula is C16H14FNO. The smallest absolute Gasteiger partial charge is 0.125 e. The van der Waals surface area contributed by atoms with Crippen LogP contribution in [0.2, 0.25) is 0 Å². The molecule has 0 radical (unpaired) electrons. The lowest BCUT2D eigenvalue weighted by Crippen LogP contribution is -1.92. The molecule has 0 atom stereocenters. The molecule has 1 heterocycles. The van der Waals surface area contributed by atoms with Crippen LogP contribution in [-0.2, 0) is 12.8 Å². The lowest BCUT2D eigenvalue weighted by Gasteiger charge is -2.04. The fourth-order valence-corrected chi connectivity index (χ4v) is 2.33. The molecule has 0 saturated heterocycles. The van der Waals surface area contributed by atoms with Gasteiger partial charge in [0.1, 0.15) is 11.6 Å². The molecular weight excluding hydrogens is 241 g/mol. The highest BCUT2D eigenvalue weighted by Crippen LogP contribution is 2.26. The number of benzene rings is 2. The van der Waals surface area contributed by atoms with E-state index in [1.54, 1.807) is 24.4 Å². The van der Waals surface area contributed by atoms with Crippen LogP contribution in [0, 0.1) is 5.82 Å². The SMILES string of the molecule is Oc1cc(CCc2cccc(F)c2)cc2[nH]ccc12. The van der Waals surface area contributed by atoms with Crippen molar-refractivity contribution in [2.24, 2.45) is 0 Å². The number of rotatable bonds is 3. The van der Waals surface area contributed by atoms with E-state index in [0.717, 1.165) is 34.9 Å². The van der Waals surface area contributed by atoms with E-state index >= 15 is 0 Å². The number of hydrogen-bond donors (Lipinski definition) is 2. The van der Waals surface area contributed by atoms with E-state index in [4.69, 9.17) is 0 Å². The maximum Gasteiger partial charge on any atom is 0.125 e. The normalized spacial score (nSPS) is 11.0. The van der Waals surface area contributed by atoms with Gasteiger partial charge in [0.05, 0.1) is 0 Å². The molecule has 0 unspecified atom stereocenters. The first-order chi connectivity index (χ1) is 9.22. The number of aromatic amines is 1. The first kappa shape index (κ1) is 11.8. The summed E-state index contributed by atoms with van der Waals surface area (Å²) in [5.74, 6) is 0.0770. The maximum absolute atomic E-state index is 13.1. The predicted molar refractivity (Wildman–Crippen MR) is 73.8 cm³/mol. The Morgan fingerprint density at radius 2 is 1.84 bits per heavy atom. The number of hydrogen-bond acceptors (Lipinski definition) is 1. The number of halogens is 1. The molecule has 0 spiro atoms. The highest BCUT2D eigenvalue weighted by Gasteiger charge is 2.04. The lowest BCUT2D eigenvalue weighted by atomic mass is 10.0. The predicted octanol–water partition coefficient (Wildman–Crippen LogP) is 3.80. The van der Waals surface area contributed by atoms with Crippen LogP contribution in [0.4, 0.5) is 4.39 Å². The summed E-state index contributed by atoms with van der Waals surface area (Å²) < 4.78 is 13.1. The number of phenols is 1. The van der Waals surface area contributed by atoms with Crippen molar-refractivity contribution >= 4 is 10.9 Å². The van der Waals surface area contributed by atoms with Crippen LogP contribution in [-0.4, -0.2) is 10.1 Å². The fourth-order valence-electron chi connectivity index (χ4n) is 2.33. The molecule has 0 aliphatic heterocycles. The second kappa shape index (κ2) is 4.76.